The van der Waals surface area contributed by atoms with Crippen molar-refractivity contribution in [1.29, 1.82) is 0 Å². The van der Waals surface area contributed by atoms with E-state index in [0.29, 0.717) is 0 Å². The maximum absolute atomic E-state index is 13.9. The summed E-state index contributed by atoms with van der Waals surface area (Å²) >= 11 is 0. The maximum Gasteiger partial charge on any atom is 0.255 e. The van der Waals surface area contributed by atoms with Crippen molar-refractivity contribution in [3.63, 3.8) is 0 Å². The Morgan fingerprint density at radius 3 is 2.12 bits per heavy atom. The van der Waals surface area contributed by atoms with Crippen LogP contribution in [0.1, 0.15) is 28.3 Å². The SMILES string of the molecule is Cc1ccc(N2C(=O)CN(c3ccccc3C)C(=O)[C@@H]2c2ccc(N(C)C)cc2)c(C)c1. The van der Waals surface area contributed by atoms with E-state index in [4.69, 9.17) is 0 Å². The maximum atomic E-state index is 13.9. The summed E-state index contributed by atoms with van der Waals surface area (Å²) in [5.41, 5.74) is 6.46. The Balaban J connectivity index is 1.85. The summed E-state index contributed by atoms with van der Waals surface area (Å²) in [6.45, 7) is 5.99. The topological polar surface area (TPSA) is 43.9 Å². The molecule has 4 rings (SSSR count). The van der Waals surface area contributed by atoms with Crippen LogP contribution in [-0.4, -0.2) is 32.5 Å². The molecule has 0 saturated carbocycles. The fourth-order valence-corrected chi connectivity index (χ4v) is 4.36. The van der Waals surface area contributed by atoms with Crippen LogP contribution in [-0.2, 0) is 9.59 Å². The van der Waals surface area contributed by atoms with Crippen LogP contribution in [0.15, 0.2) is 66.7 Å². The number of para-hydroxylation sites is 1. The second kappa shape index (κ2) is 8.50. The number of piperazine rings is 1. The summed E-state index contributed by atoms with van der Waals surface area (Å²) in [7, 11) is 3.96. The number of hydrogen-bond donors (Lipinski definition) is 0. The number of rotatable bonds is 4. The molecule has 164 valence electrons. The highest BCUT2D eigenvalue weighted by Crippen LogP contribution is 2.37. The Bertz CT molecular complexity index is 1170. The number of carbonyl (C=O) groups excluding carboxylic acids is 2. The average molecular weight is 428 g/mol. The number of amides is 2. The van der Waals surface area contributed by atoms with Gasteiger partial charge >= 0.3 is 0 Å². The predicted molar refractivity (Wildman–Crippen MR) is 130 cm³/mol. The molecule has 5 nitrogen and oxygen atoms in total. The molecule has 1 saturated heterocycles. The van der Waals surface area contributed by atoms with Gasteiger partial charge < -0.3 is 9.80 Å². The van der Waals surface area contributed by atoms with Gasteiger partial charge in [-0.1, -0.05) is 48.0 Å². The van der Waals surface area contributed by atoms with Crippen LogP contribution < -0.4 is 14.7 Å². The molecule has 0 bridgehead atoms. The third-order valence-corrected chi connectivity index (χ3v) is 6.06. The first kappa shape index (κ1) is 21.6. The molecule has 1 aliphatic heterocycles. The average Bonchev–Trinajstić information content (AvgIpc) is 2.76. The van der Waals surface area contributed by atoms with E-state index in [-0.39, 0.29) is 18.4 Å². The fraction of sp³-hybridized carbons (Fsp3) is 0.259. The van der Waals surface area contributed by atoms with E-state index >= 15 is 0 Å². The number of hydrogen-bond acceptors (Lipinski definition) is 3. The van der Waals surface area contributed by atoms with Crippen LogP contribution in [0.5, 0.6) is 0 Å². The first-order valence-corrected chi connectivity index (χ1v) is 10.8. The molecule has 0 N–H and O–H groups in total. The first-order valence-electron chi connectivity index (χ1n) is 10.8. The van der Waals surface area contributed by atoms with Crippen LogP contribution in [0.2, 0.25) is 0 Å². The van der Waals surface area contributed by atoms with Crippen molar-refractivity contribution in [3.8, 4) is 0 Å². The van der Waals surface area contributed by atoms with Crippen molar-refractivity contribution in [2.45, 2.75) is 26.8 Å². The van der Waals surface area contributed by atoms with E-state index in [9.17, 15) is 9.59 Å². The molecule has 2 amide bonds. The molecule has 32 heavy (non-hydrogen) atoms. The molecule has 0 unspecified atom stereocenters. The lowest BCUT2D eigenvalue weighted by molar-refractivity contribution is -0.128. The zero-order valence-electron chi connectivity index (χ0n) is 19.3. The predicted octanol–water partition coefficient (Wildman–Crippen LogP) is 4.80. The minimum atomic E-state index is -0.728. The van der Waals surface area contributed by atoms with Crippen molar-refractivity contribution in [2.24, 2.45) is 0 Å². The summed E-state index contributed by atoms with van der Waals surface area (Å²) in [5, 5.41) is 0. The Labute approximate surface area is 189 Å². The first-order chi connectivity index (χ1) is 15.3. The van der Waals surface area contributed by atoms with Gasteiger partial charge in [0.2, 0.25) is 5.91 Å². The summed E-state index contributed by atoms with van der Waals surface area (Å²) in [5.74, 6) is -0.196. The largest absolute Gasteiger partial charge is 0.378 e. The van der Waals surface area contributed by atoms with E-state index in [1.54, 1.807) is 9.80 Å². The van der Waals surface area contributed by atoms with Gasteiger partial charge in [0, 0.05) is 31.2 Å². The van der Waals surface area contributed by atoms with E-state index < -0.39 is 6.04 Å². The van der Waals surface area contributed by atoms with E-state index in [2.05, 4.69) is 0 Å². The third kappa shape index (κ3) is 3.86. The molecule has 0 aromatic heterocycles. The number of anilines is 3. The Morgan fingerprint density at radius 1 is 0.812 bits per heavy atom. The van der Waals surface area contributed by atoms with E-state index in [1.165, 1.54) is 0 Å². The number of aryl methyl sites for hydroxylation is 3. The van der Waals surface area contributed by atoms with Crippen molar-refractivity contribution in [2.75, 3.05) is 35.3 Å². The van der Waals surface area contributed by atoms with Crippen LogP contribution in [0.25, 0.3) is 0 Å². The minimum absolute atomic E-state index is 0.0171. The van der Waals surface area contributed by atoms with Crippen LogP contribution in [0.3, 0.4) is 0 Å². The van der Waals surface area contributed by atoms with E-state index in [0.717, 1.165) is 39.3 Å². The number of carbonyl (C=O) groups is 2. The Morgan fingerprint density at radius 2 is 1.50 bits per heavy atom. The zero-order chi connectivity index (χ0) is 23.0. The van der Waals surface area contributed by atoms with Gasteiger partial charge in [0.1, 0.15) is 12.6 Å². The number of nitrogens with zero attached hydrogens (tertiary/aromatic N) is 3. The number of benzene rings is 3. The molecule has 1 atom stereocenters. The summed E-state index contributed by atoms with van der Waals surface area (Å²) in [6.07, 6.45) is 0. The van der Waals surface area contributed by atoms with Crippen molar-refractivity contribution in [3.05, 3.63) is 89.0 Å². The molecule has 3 aromatic rings. The highest BCUT2D eigenvalue weighted by Gasteiger charge is 2.42. The monoisotopic (exact) mass is 427 g/mol. The fourth-order valence-electron chi connectivity index (χ4n) is 4.36. The highest BCUT2D eigenvalue weighted by atomic mass is 16.2. The minimum Gasteiger partial charge on any atom is -0.378 e. The second-order valence-electron chi connectivity index (χ2n) is 8.65. The van der Waals surface area contributed by atoms with Gasteiger partial charge in [0.15, 0.2) is 0 Å². The molecule has 1 aliphatic rings. The normalized spacial score (nSPS) is 16.5. The molecule has 0 radical (unpaired) electrons. The molecule has 3 aromatic carbocycles. The Hall–Kier alpha value is -3.60. The zero-order valence-corrected chi connectivity index (χ0v) is 19.3. The lowest BCUT2D eigenvalue weighted by Crippen LogP contribution is -2.56. The summed E-state index contributed by atoms with van der Waals surface area (Å²) in [6, 6.07) is 20.8. The smallest absolute Gasteiger partial charge is 0.255 e. The Kier molecular flexibility index (Phi) is 5.74. The van der Waals surface area contributed by atoms with Crippen LogP contribution >= 0.6 is 0 Å². The van der Waals surface area contributed by atoms with Gasteiger partial charge in [0.25, 0.3) is 5.91 Å². The second-order valence-corrected chi connectivity index (χ2v) is 8.65. The highest BCUT2D eigenvalue weighted by molar-refractivity contribution is 6.15. The van der Waals surface area contributed by atoms with Gasteiger partial charge in [-0.25, -0.2) is 0 Å². The third-order valence-electron chi connectivity index (χ3n) is 6.06. The van der Waals surface area contributed by atoms with Crippen LogP contribution in [0, 0.1) is 20.8 Å². The van der Waals surface area contributed by atoms with Gasteiger partial charge in [-0.2, -0.15) is 0 Å². The lowest BCUT2D eigenvalue weighted by Gasteiger charge is -2.41. The molecule has 0 aliphatic carbocycles. The van der Waals surface area contributed by atoms with Crippen LogP contribution in [0.4, 0.5) is 17.1 Å². The molecule has 1 fully saturated rings. The quantitative estimate of drug-likeness (QED) is 0.601. The lowest BCUT2D eigenvalue weighted by atomic mass is 9.97. The molecular formula is C27H29N3O2. The molecule has 0 spiro atoms. The summed E-state index contributed by atoms with van der Waals surface area (Å²) < 4.78 is 0. The summed E-state index contributed by atoms with van der Waals surface area (Å²) in [4.78, 5) is 32.8. The van der Waals surface area contributed by atoms with Crippen molar-refractivity contribution in [1.82, 2.24) is 0 Å². The van der Waals surface area contributed by atoms with Gasteiger partial charge in [0.05, 0.1) is 0 Å². The van der Waals surface area contributed by atoms with Gasteiger partial charge in [-0.15, -0.1) is 0 Å². The van der Waals surface area contributed by atoms with E-state index in [1.807, 2.05) is 106 Å². The molecular weight excluding hydrogens is 398 g/mol. The molecule has 5 heteroatoms. The van der Waals surface area contributed by atoms with Gasteiger partial charge in [-0.05, 0) is 61.7 Å². The molecule has 1 heterocycles. The van der Waals surface area contributed by atoms with Gasteiger partial charge in [-0.3, -0.25) is 14.5 Å². The van der Waals surface area contributed by atoms with Crippen molar-refractivity contribution < 1.29 is 9.59 Å². The standard InChI is InChI=1S/C27H29N3O2/c1-18-10-15-24(20(3)16-18)30-25(31)17-29(23-9-7-6-8-19(23)2)27(32)26(30)21-11-13-22(14-12-21)28(4)5/h6-16,26H,17H2,1-5H3/t26-/m0/s1. The van der Waals surface area contributed by atoms with Crippen molar-refractivity contribution >= 4 is 28.9 Å².